The van der Waals surface area contributed by atoms with Crippen molar-refractivity contribution in [3.63, 3.8) is 0 Å². The van der Waals surface area contributed by atoms with Gasteiger partial charge in [0, 0.05) is 18.5 Å². The van der Waals surface area contributed by atoms with Crippen molar-refractivity contribution in [2.75, 3.05) is 13.1 Å². The van der Waals surface area contributed by atoms with Crippen LogP contribution in [0.4, 0.5) is 0 Å². The monoisotopic (exact) mass is 198 g/mol. The molecular formula is C11H22N2O. The molecule has 1 aliphatic heterocycles. The fourth-order valence-electron chi connectivity index (χ4n) is 2.11. The summed E-state index contributed by atoms with van der Waals surface area (Å²) in [6.45, 7) is 5.56. The molecule has 1 heterocycles. The molecule has 0 saturated carbocycles. The minimum absolute atomic E-state index is 0.119. The maximum Gasteiger partial charge on any atom is 0.225 e. The zero-order chi connectivity index (χ0) is 10.6. The van der Waals surface area contributed by atoms with Gasteiger partial charge in [-0.2, -0.15) is 0 Å². The topological polar surface area (TPSA) is 46.3 Å². The lowest BCUT2D eigenvalue weighted by Crippen LogP contribution is -2.46. The molecule has 82 valence electrons. The lowest BCUT2D eigenvalue weighted by Gasteiger charge is -2.36. The first-order valence-corrected chi connectivity index (χ1v) is 5.67. The molecule has 0 spiro atoms. The molecule has 1 atom stereocenters. The smallest absolute Gasteiger partial charge is 0.225 e. The molecular weight excluding hydrogens is 176 g/mol. The molecule has 0 aromatic rings. The Kier molecular flexibility index (Phi) is 4.39. The van der Waals surface area contributed by atoms with Crippen LogP contribution in [0.1, 0.15) is 39.5 Å². The Morgan fingerprint density at radius 2 is 2.21 bits per heavy atom. The van der Waals surface area contributed by atoms with Gasteiger partial charge >= 0.3 is 0 Å². The summed E-state index contributed by atoms with van der Waals surface area (Å²) in [5.74, 6) is 0.413. The molecule has 0 bridgehead atoms. The highest BCUT2D eigenvalue weighted by Gasteiger charge is 2.27. The number of nitrogens with zero attached hydrogens (tertiary/aromatic N) is 1. The molecule has 0 aromatic heterocycles. The molecule has 3 heteroatoms. The minimum Gasteiger partial charge on any atom is -0.339 e. The summed E-state index contributed by atoms with van der Waals surface area (Å²) in [6.07, 6.45) is 4.49. The van der Waals surface area contributed by atoms with Gasteiger partial charge in [-0.05, 0) is 32.2 Å². The van der Waals surface area contributed by atoms with Crippen LogP contribution >= 0.6 is 0 Å². The Morgan fingerprint density at radius 1 is 1.50 bits per heavy atom. The van der Waals surface area contributed by atoms with Gasteiger partial charge in [-0.25, -0.2) is 0 Å². The lowest BCUT2D eigenvalue weighted by molar-refractivity contribution is -0.138. The van der Waals surface area contributed by atoms with Crippen molar-refractivity contribution in [2.45, 2.75) is 45.6 Å². The Labute approximate surface area is 86.6 Å². The van der Waals surface area contributed by atoms with Crippen molar-refractivity contribution in [1.82, 2.24) is 4.90 Å². The summed E-state index contributed by atoms with van der Waals surface area (Å²) in [7, 11) is 0. The van der Waals surface area contributed by atoms with Gasteiger partial charge in [0.1, 0.15) is 0 Å². The van der Waals surface area contributed by atoms with Gasteiger partial charge in [0.25, 0.3) is 0 Å². The third kappa shape index (κ3) is 2.71. The first kappa shape index (κ1) is 11.5. The molecule has 2 N–H and O–H groups in total. The average Bonchev–Trinajstić information content (AvgIpc) is 2.18. The third-order valence-electron chi connectivity index (χ3n) is 2.90. The molecule has 14 heavy (non-hydrogen) atoms. The van der Waals surface area contributed by atoms with Crippen LogP contribution in [0.5, 0.6) is 0 Å². The van der Waals surface area contributed by atoms with Gasteiger partial charge in [0.2, 0.25) is 5.91 Å². The van der Waals surface area contributed by atoms with E-state index in [-0.39, 0.29) is 5.92 Å². The second kappa shape index (κ2) is 5.35. The normalized spacial score (nSPS) is 22.9. The number of hydrogen-bond donors (Lipinski definition) is 1. The van der Waals surface area contributed by atoms with Crippen molar-refractivity contribution in [1.29, 1.82) is 0 Å². The molecule has 1 fully saturated rings. The van der Waals surface area contributed by atoms with E-state index in [4.69, 9.17) is 5.73 Å². The Hall–Kier alpha value is -0.570. The van der Waals surface area contributed by atoms with E-state index >= 15 is 0 Å². The maximum atomic E-state index is 11.9. The molecule has 1 saturated heterocycles. The highest BCUT2D eigenvalue weighted by atomic mass is 16.2. The van der Waals surface area contributed by atoms with Gasteiger partial charge in [0.15, 0.2) is 0 Å². The molecule has 3 nitrogen and oxygen atoms in total. The Balaban J connectivity index is 2.57. The van der Waals surface area contributed by atoms with Crippen molar-refractivity contribution >= 4 is 5.91 Å². The number of carbonyl (C=O) groups is 1. The zero-order valence-corrected chi connectivity index (χ0v) is 9.33. The molecule has 1 unspecified atom stereocenters. The van der Waals surface area contributed by atoms with Crippen LogP contribution in [-0.2, 0) is 4.79 Å². The number of likely N-dealkylation sites (tertiary alicyclic amines) is 1. The van der Waals surface area contributed by atoms with Crippen molar-refractivity contribution in [2.24, 2.45) is 11.7 Å². The van der Waals surface area contributed by atoms with E-state index in [2.05, 4.69) is 0 Å². The van der Waals surface area contributed by atoms with Gasteiger partial charge in [-0.1, -0.05) is 13.8 Å². The number of rotatable bonds is 3. The number of nitrogens with two attached hydrogens (primary N) is 1. The van der Waals surface area contributed by atoms with E-state index in [0.29, 0.717) is 18.5 Å². The van der Waals surface area contributed by atoms with Crippen LogP contribution in [-0.4, -0.2) is 29.9 Å². The first-order chi connectivity index (χ1) is 6.66. The summed E-state index contributed by atoms with van der Waals surface area (Å²) in [6, 6.07) is 0.406. The van der Waals surface area contributed by atoms with Gasteiger partial charge in [-0.3, -0.25) is 4.79 Å². The first-order valence-electron chi connectivity index (χ1n) is 5.67. The molecule has 1 rings (SSSR count). The molecule has 0 aromatic carbocycles. The number of carbonyl (C=O) groups excluding carboxylic acids is 1. The standard InChI is InChI=1S/C11H22N2O/c1-9(2)11(14)13-8-4-3-5-10(13)6-7-12/h9-10H,3-8,12H2,1-2H3. The molecule has 1 aliphatic rings. The SMILES string of the molecule is CC(C)C(=O)N1CCCCC1CCN. The summed E-state index contributed by atoms with van der Waals surface area (Å²) >= 11 is 0. The Morgan fingerprint density at radius 3 is 2.79 bits per heavy atom. The summed E-state index contributed by atoms with van der Waals surface area (Å²) < 4.78 is 0. The van der Waals surface area contributed by atoms with Crippen molar-refractivity contribution < 1.29 is 4.79 Å². The van der Waals surface area contributed by atoms with Crippen molar-refractivity contribution in [3.8, 4) is 0 Å². The number of hydrogen-bond acceptors (Lipinski definition) is 2. The second-order valence-corrected chi connectivity index (χ2v) is 4.41. The highest BCUT2D eigenvalue weighted by molar-refractivity contribution is 5.78. The molecule has 0 radical (unpaired) electrons. The lowest BCUT2D eigenvalue weighted by atomic mass is 9.97. The van der Waals surface area contributed by atoms with Crippen LogP contribution in [0.2, 0.25) is 0 Å². The van der Waals surface area contributed by atoms with Gasteiger partial charge < -0.3 is 10.6 Å². The summed E-state index contributed by atoms with van der Waals surface area (Å²) in [5.41, 5.74) is 5.56. The minimum atomic E-state index is 0.119. The van der Waals surface area contributed by atoms with Gasteiger partial charge in [0.05, 0.1) is 0 Å². The van der Waals surface area contributed by atoms with Crippen molar-refractivity contribution in [3.05, 3.63) is 0 Å². The van der Waals surface area contributed by atoms with Crippen LogP contribution in [0, 0.1) is 5.92 Å². The average molecular weight is 198 g/mol. The zero-order valence-electron chi connectivity index (χ0n) is 9.33. The van der Waals surface area contributed by atoms with E-state index in [9.17, 15) is 4.79 Å². The molecule has 1 amide bonds. The van der Waals surface area contributed by atoms with E-state index in [1.165, 1.54) is 6.42 Å². The van der Waals surface area contributed by atoms with E-state index in [0.717, 1.165) is 25.8 Å². The quantitative estimate of drug-likeness (QED) is 0.744. The van der Waals surface area contributed by atoms with Crippen LogP contribution < -0.4 is 5.73 Å². The van der Waals surface area contributed by atoms with E-state index in [1.54, 1.807) is 0 Å². The predicted molar refractivity (Wildman–Crippen MR) is 57.9 cm³/mol. The molecule has 0 aliphatic carbocycles. The van der Waals surface area contributed by atoms with Crippen LogP contribution in [0.25, 0.3) is 0 Å². The van der Waals surface area contributed by atoms with Gasteiger partial charge in [-0.15, -0.1) is 0 Å². The number of piperidine rings is 1. The predicted octanol–water partition coefficient (Wildman–Crippen LogP) is 1.37. The van der Waals surface area contributed by atoms with Crippen LogP contribution in [0.3, 0.4) is 0 Å². The number of amides is 1. The highest BCUT2D eigenvalue weighted by Crippen LogP contribution is 2.21. The largest absolute Gasteiger partial charge is 0.339 e. The summed E-state index contributed by atoms with van der Waals surface area (Å²) in [5, 5.41) is 0. The van der Waals surface area contributed by atoms with E-state index < -0.39 is 0 Å². The second-order valence-electron chi connectivity index (χ2n) is 4.41. The maximum absolute atomic E-state index is 11.9. The fraction of sp³-hybridized carbons (Fsp3) is 0.909. The van der Waals surface area contributed by atoms with E-state index in [1.807, 2.05) is 18.7 Å². The third-order valence-corrected chi connectivity index (χ3v) is 2.90. The fourth-order valence-corrected chi connectivity index (χ4v) is 2.11. The Bertz CT molecular complexity index is 190. The van der Waals surface area contributed by atoms with Crippen LogP contribution in [0.15, 0.2) is 0 Å². The summed E-state index contributed by atoms with van der Waals surface area (Å²) in [4.78, 5) is 13.9.